The predicted octanol–water partition coefficient (Wildman–Crippen LogP) is 4.43. The quantitative estimate of drug-likeness (QED) is 0.405. The van der Waals surface area contributed by atoms with Crippen molar-refractivity contribution < 1.29 is 4.39 Å². The predicted molar refractivity (Wildman–Crippen MR) is 57.6 cm³/mol. The molecule has 0 rings (SSSR count). The molecule has 0 aromatic carbocycles. The van der Waals surface area contributed by atoms with Crippen LogP contribution in [0.25, 0.3) is 0 Å². The van der Waals surface area contributed by atoms with Crippen LogP contribution in [-0.2, 0) is 0 Å². The van der Waals surface area contributed by atoms with Gasteiger partial charge in [-0.25, -0.2) is 4.39 Å². The first-order valence-electron chi connectivity index (χ1n) is 5.18. The van der Waals surface area contributed by atoms with Crippen molar-refractivity contribution in [2.24, 2.45) is 0 Å². The zero-order valence-corrected chi connectivity index (χ0v) is 8.85. The van der Waals surface area contributed by atoms with E-state index < -0.39 is 5.67 Å². The fraction of sp³-hybridized carbons (Fsp3) is 0.667. The lowest BCUT2D eigenvalue weighted by Gasteiger charge is -2.16. The van der Waals surface area contributed by atoms with Gasteiger partial charge < -0.3 is 0 Å². The molecule has 0 spiro atoms. The third kappa shape index (κ3) is 5.62. The number of hydrogen-bond acceptors (Lipinski definition) is 0. The first-order chi connectivity index (χ1) is 6.18. The Hall–Kier alpha value is -0.590. The maximum absolute atomic E-state index is 13.8. The van der Waals surface area contributed by atoms with Crippen LogP contribution in [0.4, 0.5) is 4.39 Å². The molecule has 0 heterocycles. The Balaban J connectivity index is 3.96. The fourth-order valence-corrected chi connectivity index (χ4v) is 1.21. The van der Waals surface area contributed by atoms with Gasteiger partial charge in [-0.05, 0) is 25.3 Å². The molecule has 0 nitrogen and oxygen atoms in total. The number of halogens is 1. The summed E-state index contributed by atoms with van der Waals surface area (Å²) in [6.07, 6.45) is 9.53. The Morgan fingerprint density at radius 1 is 1.31 bits per heavy atom. The maximum Gasteiger partial charge on any atom is 0.147 e. The highest BCUT2D eigenvalue weighted by molar-refractivity contribution is 5.11. The molecule has 1 heteroatoms. The van der Waals surface area contributed by atoms with Crippen molar-refractivity contribution in [1.82, 2.24) is 0 Å². The van der Waals surface area contributed by atoms with Gasteiger partial charge in [-0.2, -0.15) is 0 Å². The summed E-state index contributed by atoms with van der Waals surface area (Å²) < 4.78 is 13.8. The SMILES string of the molecule is C=CC(F)(/C=C\CC)CCCCC. The van der Waals surface area contributed by atoms with Crippen molar-refractivity contribution in [2.45, 2.75) is 51.6 Å². The van der Waals surface area contributed by atoms with E-state index in [0.29, 0.717) is 6.42 Å². The first-order valence-corrected chi connectivity index (χ1v) is 5.18. The second-order valence-corrected chi connectivity index (χ2v) is 3.40. The van der Waals surface area contributed by atoms with Gasteiger partial charge >= 0.3 is 0 Å². The van der Waals surface area contributed by atoms with Crippen molar-refractivity contribution in [2.75, 3.05) is 0 Å². The first kappa shape index (κ1) is 12.4. The number of rotatable bonds is 7. The summed E-state index contributed by atoms with van der Waals surface area (Å²) in [4.78, 5) is 0. The standard InChI is InChI=1S/C12H21F/c1-4-7-9-11-12(13,6-3)10-8-5-2/h6,8,10H,3-5,7,9,11H2,1-2H3/b10-8-. The maximum atomic E-state index is 13.8. The molecule has 0 aliphatic rings. The zero-order chi connectivity index (χ0) is 10.2. The van der Waals surface area contributed by atoms with Crippen molar-refractivity contribution in [3.05, 3.63) is 24.8 Å². The Morgan fingerprint density at radius 2 is 2.00 bits per heavy atom. The lowest BCUT2D eigenvalue weighted by molar-refractivity contribution is 0.271. The van der Waals surface area contributed by atoms with Crippen LogP contribution in [-0.4, -0.2) is 5.67 Å². The van der Waals surface area contributed by atoms with E-state index in [2.05, 4.69) is 13.5 Å². The van der Waals surface area contributed by atoms with E-state index in [1.807, 2.05) is 13.0 Å². The summed E-state index contributed by atoms with van der Waals surface area (Å²) in [7, 11) is 0. The van der Waals surface area contributed by atoms with Crippen molar-refractivity contribution in [1.29, 1.82) is 0 Å². The molecule has 1 unspecified atom stereocenters. The highest BCUT2D eigenvalue weighted by Crippen LogP contribution is 2.23. The van der Waals surface area contributed by atoms with E-state index in [0.717, 1.165) is 25.7 Å². The molecule has 0 aliphatic carbocycles. The summed E-state index contributed by atoms with van der Waals surface area (Å²) in [5.41, 5.74) is -1.27. The highest BCUT2D eigenvalue weighted by Gasteiger charge is 2.20. The lowest BCUT2D eigenvalue weighted by Crippen LogP contribution is -2.15. The van der Waals surface area contributed by atoms with Gasteiger partial charge in [0.15, 0.2) is 0 Å². The summed E-state index contributed by atoms with van der Waals surface area (Å²) in [5.74, 6) is 0. The van der Waals surface area contributed by atoms with Gasteiger partial charge in [-0.15, -0.1) is 0 Å². The Morgan fingerprint density at radius 3 is 2.46 bits per heavy atom. The fourth-order valence-electron chi connectivity index (χ4n) is 1.21. The summed E-state index contributed by atoms with van der Waals surface area (Å²) in [6, 6.07) is 0. The summed E-state index contributed by atoms with van der Waals surface area (Å²) in [5, 5.41) is 0. The minimum Gasteiger partial charge on any atom is -0.235 e. The van der Waals surface area contributed by atoms with Gasteiger partial charge in [0.25, 0.3) is 0 Å². The van der Waals surface area contributed by atoms with Crippen molar-refractivity contribution in [3.8, 4) is 0 Å². The van der Waals surface area contributed by atoms with E-state index >= 15 is 0 Å². The van der Waals surface area contributed by atoms with Gasteiger partial charge in [-0.1, -0.05) is 45.4 Å². The lowest BCUT2D eigenvalue weighted by atomic mass is 9.97. The normalized spacial score (nSPS) is 15.9. The minimum atomic E-state index is -1.27. The second kappa shape index (κ2) is 6.88. The average Bonchev–Trinajstić information content (AvgIpc) is 2.15. The molecule has 0 bridgehead atoms. The van der Waals surface area contributed by atoms with Crippen LogP contribution in [0.1, 0.15) is 46.0 Å². The van der Waals surface area contributed by atoms with E-state index in [1.54, 1.807) is 6.08 Å². The van der Waals surface area contributed by atoms with Crippen LogP contribution >= 0.6 is 0 Å². The monoisotopic (exact) mass is 184 g/mol. The molecule has 0 N–H and O–H groups in total. The van der Waals surface area contributed by atoms with E-state index in [1.165, 1.54) is 6.08 Å². The Bertz CT molecular complexity index is 161. The molecule has 0 aromatic rings. The third-order valence-electron chi connectivity index (χ3n) is 2.13. The molecular formula is C12H21F. The Kier molecular flexibility index (Phi) is 6.56. The van der Waals surface area contributed by atoms with Crippen LogP contribution in [0, 0.1) is 0 Å². The highest BCUT2D eigenvalue weighted by atomic mass is 19.1. The van der Waals surface area contributed by atoms with Gasteiger partial charge in [0, 0.05) is 0 Å². The molecule has 0 fully saturated rings. The number of alkyl halides is 1. The molecule has 0 aliphatic heterocycles. The second-order valence-electron chi connectivity index (χ2n) is 3.40. The molecule has 1 atom stereocenters. The van der Waals surface area contributed by atoms with Crippen molar-refractivity contribution in [3.63, 3.8) is 0 Å². The van der Waals surface area contributed by atoms with Gasteiger partial charge in [-0.3, -0.25) is 0 Å². The molecule has 13 heavy (non-hydrogen) atoms. The average molecular weight is 184 g/mol. The largest absolute Gasteiger partial charge is 0.235 e. The van der Waals surface area contributed by atoms with E-state index in [-0.39, 0.29) is 0 Å². The van der Waals surface area contributed by atoms with Crippen molar-refractivity contribution >= 4 is 0 Å². The van der Waals surface area contributed by atoms with Gasteiger partial charge in [0.1, 0.15) is 5.67 Å². The topological polar surface area (TPSA) is 0 Å². The van der Waals surface area contributed by atoms with Crippen LogP contribution < -0.4 is 0 Å². The van der Waals surface area contributed by atoms with Crippen LogP contribution in [0.5, 0.6) is 0 Å². The van der Waals surface area contributed by atoms with Gasteiger partial charge in [0.05, 0.1) is 0 Å². The molecule has 0 radical (unpaired) electrons. The van der Waals surface area contributed by atoms with E-state index in [9.17, 15) is 4.39 Å². The number of unbranched alkanes of at least 4 members (excludes halogenated alkanes) is 2. The molecule has 0 aromatic heterocycles. The molecule has 0 amide bonds. The van der Waals surface area contributed by atoms with Crippen LogP contribution in [0.3, 0.4) is 0 Å². The number of allylic oxidation sites excluding steroid dienone is 3. The van der Waals surface area contributed by atoms with Crippen LogP contribution in [0.15, 0.2) is 24.8 Å². The number of hydrogen-bond donors (Lipinski definition) is 0. The smallest absolute Gasteiger partial charge is 0.147 e. The molecular weight excluding hydrogens is 163 g/mol. The zero-order valence-electron chi connectivity index (χ0n) is 8.85. The summed E-state index contributed by atoms with van der Waals surface area (Å²) >= 11 is 0. The van der Waals surface area contributed by atoms with Gasteiger partial charge in [0.2, 0.25) is 0 Å². The minimum absolute atomic E-state index is 0.570. The van der Waals surface area contributed by atoms with E-state index in [4.69, 9.17) is 0 Å². The Labute approximate surface area is 81.5 Å². The third-order valence-corrected chi connectivity index (χ3v) is 2.13. The molecule has 0 saturated carbocycles. The summed E-state index contributed by atoms with van der Waals surface area (Å²) in [6.45, 7) is 7.66. The molecule has 76 valence electrons. The van der Waals surface area contributed by atoms with Crippen LogP contribution in [0.2, 0.25) is 0 Å². The molecule has 0 saturated heterocycles.